The van der Waals surface area contributed by atoms with Crippen LogP contribution in [0.5, 0.6) is 0 Å². The van der Waals surface area contributed by atoms with Crippen molar-refractivity contribution in [3.05, 3.63) is 0 Å². The van der Waals surface area contributed by atoms with Crippen LogP contribution in [-0.2, 0) is 4.74 Å². The average molecular weight is 204 g/mol. The Bertz CT molecular complexity index is 219. The summed E-state index contributed by atoms with van der Waals surface area (Å²) in [5.41, 5.74) is -0.751. The Morgan fingerprint density at radius 3 is 2.43 bits per heavy atom. The minimum Gasteiger partial charge on any atom is -0.363 e. The zero-order valence-electron chi connectivity index (χ0n) is 8.17. The van der Waals surface area contributed by atoms with Crippen molar-refractivity contribution in [3.63, 3.8) is 0 Å². The molecular weight excluding hydrogens is 190 g/mol. The molecule has 0 spiro atoms. The molecule has 1 fully saturated rings. The van der Waals surface area contributed by atoms with Crippen molar-refractivity contribution in [1.82, 2.24) is 4.90 Å². The monoisotopic (exact) mass is 204 g/mol. The molecule has 5 heteroatoms. The molecule has 3 nitrogen and oxygen atoms in total. The van der Waals surface area contributed by atoms with Crippen LogP contribution in [0, 0.1) is 11.3 Å². The van der Waals surface area contributed by atoms with Gasteiger partial charge in [0.1, 0.15) is 0 Å². The first-order valence-electron chi connectivity index (χ1n) is 4.59. The van der Waals surface area contributed by atoms with Crippen LogP contribution in [0.15, 0.2) is 0 Å². The fourth-order valence-corrected chi connectivity index (χ4v) is 1.65. The molecule has 80 valence electrons. The van der Waals surface area contributed by atoms with Gasteiger partial charge in [0.05, 0.1) is 12.6 Å². The number of alkyl halides is 2. The Morgan fingerprint density at radius 1 is 1.50 bits per heavy atom. The largest absolute Gasteiger partial charge is 0.363 e. The molecule has 0 aromatic rings. The van der Waals surface area contributed by atoms with Gasteiger partial charge in [-0.05, 0) is 0 Å². The first-order valence-corrected chi connectivity index (χ1v) is 4.59. The molecule has 1 saturated heterocycles. The summed E-state index contributed by atoms with van der Waals surface area (Å²) in [6.07, 6.45) is -1.29. The summed E-state index contributed by atoms with van der Waals surface area (Å²) < 4.78 is 29.2. The molecule has 0 aromatic heterocycles. The van der Waals surface area contributed by atoms with Crippen molar-refractivity contribution >= 4 is 0 Å². The van der Waals surface area contributed by atoms with E-state index in [1.807, 2.05) is 0 Å². The second-order valence-corrected chi connectivity index (χ2v) is 3.50. The molecule has 1 aliphatic heterocycles. The highest BCUT2D eigenvalue weighted by Gasteiger charge is 2.34. The second kappa shape index (κ2) is 4.67. The Kier molecular flexibility index (Phi) is 3.78. The van der Waals surface area contributed by atoms with Crippen molar-refractivity contribution in [2.75, 3.05) is 26.7 Å². The van der Waals surface area contributed by atoms with Gasteiger partial charge in [0.25, 0.3) is 6.43 Å². The van der Waals surface area contributed by atoms with E-state index in [-0.39, 0.29) is 6.54 Å². The molecule has 0 saturated carbocycles. The maximum atomic E-state index is 12.0. The van der Waals surface area contributed by atoms with Crippen LogP contribution < -0.4 is 0 Å². The highest BCUT2D eigenvalue weighted by molar-refractivity contribution is 5.04. The van der Waals surface area contributed by atoms with Crippen molar-refractivity contribution in [2.24, 2.45) is 0 Å². The fraction of sp³-hybridized carbons (Fsp3) is 0.889. The summed E-state index contributed by atoms with van der Waals surface area (Å²) in [6, 6.07) is 2.10. The lowest BCUT2D eigenvalue weighted by Crippen LogP contribution is -2.46. The van der Waals surface area contributed by atoms with E-state index in [0.717, 1.165) is 0 Å². The van der Waals surface area contributed by atoms with Crippen LogP contribution in [0.2, 0.25) is 0 Å². The normalized spacial score (nSPS) is 22.2. The van der Waals surface area contributed by atoms with Gasteiger partial charge in [-0.2, -0.15) is 5.26 Å². The molecular formula is C9H14F2N2O. The highest BCUT2D eigenvalue weighted by atomic mass is 19.3. The van der Waals surface area contributed by atoms with Crippen LogP contribution in [0.4, 0.5) is 8.78 Å². The van der Waals surface area contributed by atoms with E-state index < -0.39 is 12.0 Å². The van der Waals surface area contributed by atoms with Crippen LogP contribution in [0.1, 0.15) is 12.8 Å². The Morgan fingerprint density at radius 2 is 2.07 bits per heavy atom. The third-order valence-electron chi connectivity index (χ3n) is 2.65. The molecule has 14 heavy (non-hydrogen) atoms. The van der Waals surface area contributed by atoms with E-state index in [9.17, 15) is 8.78 Å². The number of ether oxygens (including phenoxy) is 1. The number of hydrogen-bond donors (Lipinski definition) is 0. The van der Waals surface area contributed by atoms with E-state index in [1.165, 1.54) is 7.11 Å². The summed E-state index contributed by atoms with van der Waals surface area (Å²) in [5, 5.41) is 8.87. The molecule has 1 heterocycles. The van der Waals surface area contributed by atoms with Gasteiger partial charge < -0.3 is 4.74 Å². The van der Waals surface area contributed by atoms with E-state index in [1.54, 1.807) is 4.90 Å². The maximum Gasteiger partial charge on any atom is 0.251 e. The number of methoxy groups -OCH3 is 1. The summed E-state index contributed by atoms with van der Waals surface area (Å²) in [7, 11) is 1.49. The molecule has 0 N–H and O–H groups in total. The van der Waals surface area contributed by atoms with Gasteiger partial charge in [0, 0.05) is 33.0 Å². The standard InChI is InChI=1S/C9H14F2N2O/c1-14-9(7-12)2-4-13(5-3-9)6-8(10)11/h8H,2-6H2,1H3. The number of hydrogen-bond acceptors (Lipinski definition) is 3. The Labute approximate surface area is 82.2 Å². The molecule has 0 radical (unpaired) electrons. The first kappa shape index (κ1) is 11.3. The predicted octanol–water partition coefficient (Wildman–Crippen LogP) is 1.26. The smallest absolute Gasteiger partial charge is 0.251 e. The SMILES string of the molecule is COC1(C#N)CCN(CC(F)F)CC1. The third-order valence-corrected chi connectivity index (χ3v) is 2.65. The van der Waals surface area contributed by atoms with Crippen molar-refractivity contribution < 1.29 is 13.5 Å². The van der Waals surface area contributed by atoms with E-state index >= 15 is 0 Å². The minimum absolute atomic E-state index is 0.203. The summed E-state index contributed by atoms with van der Waals surface area (Å²) >= 11 is 0. The van der Waals surface area contributed by atoms with Gasteiger partial charge in [0.15, 0.2) is 5.60 Å². The lowest BCUT2D eigenvalue weighted by Gasteiger charge is -2.35. The average Bonchev–Trinajstić information content (AvgIpc) is 2.19. The topological polar surface area (TPSA) is 36.3 Å². The molecule has 1 aliphatic rings. The van der Waals surface area contributed by atoms with E-state index in [2.05, 4.69) is 6.07 Å². The van der Waals surface area contributed by atoms with Gasteiger partial charge in [-0.15, -0.1) is 0 Å². The molecule has 0 bridgehead atoms. The number of piperidine rings is 1. The first-order chi connectivity index (χ1) is 6.62. The van der Waals surface area contributed by atoms with Gasteiger partial charge in [0.2, 0.25) is 0 Å². The summed E-state index contributed by atoms with van der Waals surface area (Å²) in [5.74, 6) is 0. The maximum absolute atomic E-state index is 12.0. The van der Waals surface area contributed by atoms with Crippen LogP contribution in [-0.4, -0.2) is 43.7 Å². The van der Waals surface area contributed by atoms with E-state index in [0.29, 0.717) is 25.9 Å². The number of likely N-dealkylation sites (tertiary alicyclic amines) is 1. The van der Waals surface area contributed by atoms with Crippen LogP contribution >= 0.6 is 0 Å². The number of rotatable bonds is 3. The summed E-state index contributed by atoms with van der Waals surface area (Å²) in [4.78, 5) is 1.67. The molecule has 0 aliphatic carbocycles. The lowest BCUT2D eigenvalue weighted by molar-refractivity contribution is -0.0256. The molecule has 0 atom stereocenters. The Balaban J connectivity index is 2.42. The van der Waals surface area contributed by atoms with Gasteiger partial charge in [-0.1, -0.05) is 0 Å². The second-order valence-electron chi connectivity index (χ2n) is 3.50. The highest BCUT2D eigenvalue weighted by Crippen LogP contribution is 2.25. The van der Waals surface area contributed by atoms with Gasteiger partial charge >= 0.3 is 0 Å². The lowest BCUT2D eigenvalue weighted by atomic mass is 9.93. The molecule has 1 rings (SSSR count). The number of nitrogens with zero attached hydrogens (tertiary/aromatic N) is 2. The van der Waals surface area contributed by atoms with Crippen LogP contribution in [0.3, 0.4) is 0 Å². The van der Waals surface area contributed by atoms with Crippen molar-refractivity contribution in [2.45, 2.75) is 24.9 Å². The zero-order valence-corrected chi connectivity index (χ0v) is 8.17. The number of nitriles is 1. The fourth-order valence-electron chi connectivity index (χ4n) is 1.65. The van der Waals surface area contributed by atoms with Gasteiger partial charge in [-0.3, -0.25) is 4.90 Å². The number of halogens is 2. The molecule has 0 aromatic carbocycles. The van der Waals surface area contributed by atoms with Crippen molar-refractivity contribution in [3.8, 4) is 6.07 Å². The minimum atomic E-state index is -2.30. The molecule has 0 amide bonds. The third kappa shape index (κ3) is 2.63. The molecule has 0 unspecified atom stereocenters. The predicted molar refractivity (Wildman–Crippen MR) is 47.0 cm³/mol. The quantitative estimate of drug-likeness (QED) is 0.694. The van der Waals surface area contributed by atoms with Crippen LogP contribution in [0.25, 0.3) is 0 Å². The zero-order chi connectivity index (χ0) is 10.6. The van der Waals surface area contributed by atoms with Crippen molar-refractivity contribution in [1.29, 1.82) is 5.26 Å². The van der Waals surface area contributed by atoms with E-state index in [4.69, 9.17) is 10.00 Å². The summed E-state index contributed by atoms with van der Waals surface area (Å²) in [6.45, 7) is 0.808. The van der Waals surface area contributed by atoms with Gasteiger partial charge in [-0.25, -0.2) is 8.78 Å². The Hall–Kier alpha value is -0.730.